The normalized spacial score (nSPS) is 21.5. The third-order valence-electron chi connectivity index (χ3n) is 7.40. The van der Waals surface area contributed by atoms with Gasteiger partial charge < -0.3 is 25.8 Å². The SMILES string of the molecule is Cc1cc(Cl)cc(CCC2C(O)CC(Cl)C2CCCc2ccc(C(=O)OCC(CO)(CO)CC(N)=O)s2)c1. The van der Waals surface area contributed by atoms with Crippen LogP contribution in [0.1, 0.15) is 57.8 Å². The number of ether oxygens (including phenoxy) is 1. The molecule has 38 heavy (non-hydrogen) atoms. The number of carbonyl (C=O) groups excluding carboxylic acids is 2. The van der Waals surface area contributed by atoms with Crippen molar-refractivity contribution in [1.29, 1.82) is 0 Å². The summed E-state index contributed by atoms with van der Waals surface area (Å²) in [6.07, 6.45) is 4.11. The van der Waals surface area contributed by atoms with Crippen LogP contribution in [0.2, 0.25) is 5.02 Å². The average molecular weight is 587 g/mol. The minimum absolute atomic E-state index is 0.0660. The highest BCUT2D eigenvalue weighted by atomic mass is 35.5. The number of nitrogens with two attached hydrogens (primary N) is 1. The Balaban J connectivity index is 1.51. The predicted molar refractivity (Wildman–Crippen MR) is 150 cm³/mol. The molecule has 4 unspecified atom stereocenters. The summed E-state index contributed by atoms with van der Waals surface area (Å²) in [5, 5.41) is 30.5. The number of esters is 1. The summed E-state index contributed by atoms with van der Waals surface area (Å²) in [6, 6.07) is 9.62. The zero-order valence-electron chi connectivity index (χ0n) is 21.6. The summed E-state index contributed by atoms with van der Waals surface area (Å²) in [7, 11) is 0. The van der Waals surface area contributed by atoms with E-state index in [1.165, 1.54) is 16.9 Å². The lowest BCUT2D eigenvalue weighted by Crippen LogP contribution is -2.39. The monoisotopic (exact) mass is 585 g/mol. The number of aliphatic hydroxyl groups excluding tert-OH is 3. The van der Waals surface area contributed by atoms with Crippen LogP contribution in [0.25, 0.3) is 0 Å². The maximum atomic E-state index is 12.5. The summed E-state index contributed by atoms with van der Waals surface area (Å²) in [6.45, 7) is 0.639. The first-order valence-electron chi connectivity index (χ1n) is 12.9. The first-order chi connectivity index (χ1) is 18.1. The zero-order chi connectivity index (χ0) is 27.9. The van der Waals surface area contributed by atoms with Crippen LogP contribution in [-0.2, 0) is 22.4 Å². The van der Waals surface area contributed by atoms with E-state index >= 15 is 0 Å². The fourth-order valence-electron chi connectivity index (χ4n) is 5.32. The van der Waals surface area contributed by atoms with Crippen LogP contribution < -0.4 is 5.73 Å². The van der Waals surface area contributed by atoms with Gasteiger partial charge in [0.1, 0.15) is 11.5 Å². The number of thiophene rings is 1. The Kier molecular flexibility index (Phi) is 11.4. The first kappa shape index (κ1) is 30.9. The van der Waals surface area contributed by atoms with Crippen molar-refractivity contribution in [3.05, 3.63) is 56.2 Å². The summed E-state index contributed by atoms with van der Waals surface area (Å²) in [4.78, 5) is 25.2. The Morgan fingerprint density at radius 3 is 2.53 bits per heavy atom. The molecule has 1 aliphatic carbocycles. The van der Waals surface area contributed by atoms with Gasteiger partial charge in [-0.3, -0.25) is 4.79 Å². The van der Waals surface area contributed by atoms with Crippen LogP contribution in [-0.4, -0.2) is 58.5 Å². The van der Waals surface area contributed by atoms with Gasteiger partial charge in [-0.2, -0.15) is 0 Å². The van der Waals surface area contributed by atoms with Crippen molar-refractivity contribution >= 4 is 46.4 Å². The number of alkyl halides is 1. The quantitative estimate of drug-likeness (QED) is 0.193. The van der Waals surface area contributed by atoms with Crippen molar-refractivity contribution in [3.63, 3.8) is 0 Å². The van der Waals surface area contributed by atoms with Gasteiger partial charge in [-0.05, 0) is 92.7 Å². The molecule has 10 heteroatoms. The lowest BCUT2D eigenvalue weighted by atomic mass is 9.85. The molecule has 1 aromatic carbocycles. The van der Waals surface area contributed by atoms with Crippen LogP contribution in [0.4, 0.5) is 0 Å². The van der Waals surface area contributed by atoms with Crippen LogP contribution >= 0.6 is 34.5 Å². The van der Waals surface area contributed by atoms with Crippen molar-refractivity contribution < 1.29 is 29.6 Å². The topological polar surface area (TPSA) is 130 Å². The van der Waals surface area contributed by atoms with Gasteiger partial charge >= 0.3 is 5.97 Å². The number of rotatable bonds is 14. The zero-order valence-corrected chi connectivity index (χ0v) is 23.9. The molecule has 0 radical (unpaired) electrons. The molecule has 7 nitrogen and oxygen atoms in total. The molecule has 1 fully saturated rings. The van der Waals surface area contributed by atoms with Crippen LogP contribution in [0, 0.1) is 24.2 Å². The Hall–Kier alpha value is -1.68. The molecule has 3 rings (SSSR count). The van der Waals surface area contributed by atoms with Gasteiger partial charge in [-0.15, -0.1) is 22.9 Å². The summed E-state index contributed by atoms with van der Waals surface area (Å²) < 4.78 is 5.28. The minimum atomic E-state index is -1.30. The van der Waals surface area contributed by atoms with E-state index in [1.54, 1.807) is 6.07 Å². The highest BCUT2D eigenvalue weighted by Gasteiger charge is 2.40. The molecule has 5 N–H and O–H groups in total. The second-order valence-corrected chi connectivity index (χ2v) is 12.7. The third kappa shape index (κ3) is 8.41. The van der Waals surface area contributed by atoms with Crippen LogP contribution in [0.3, 0.4) is 0 Å². The van der Waals surface area contributed by atoms with Gasteiger partial charge in [0.25, 0.3) is 0 Å². The number of aliphatic hydroxyl groups is 3. The molecule has 4 atom stereocenters. The summed E-state index contributed by atoms with van der Waals surface area (Å²) in [5.41, 5.74) is 6.19. The van der Waals surface area contributed by atoms with E-state index in [0.717, 1.165) is 47.6 Å². The van der Waals surface area contributed by atoms with Crippen molar-refractivity contribution in [2.45, 2.75) is 63.4 Å². The lowest BCUT2D eigenvalue weighted by Gasteiger charge is -2.27. The number of amides is 1. The maximum Gasteiger partial charge on any atom is 0.348 e. The Bertz CT molecular complexity index is 1070. The second-order valence-electron chi connectivity index (χ2n) is 10.5. The first-order valence-corrected chi connectivity index (χ1v) is 14.5. The van der Waals surface area contributed by atoms with Crippen molar-refractivity contribution in [3.8, 4) is 0 Å². The van der Waals surface area contributed by atoms with E-state index in [4.69, 9.17) is 33.7 Å². The number of hydrogen-bond acceptors (Lipinski definition) is 7. The maximum absolute atomic E-state index is 12.5. The molecule has 0 bridgehead atoms. The van der Waals surface area contributed by atoms with E-state index in [9.17, 15) is 24.9 Å². The van der Waals surface area contributed by atoms with Gasteiger partial charge in [-0.25, -0.2) is 4.79 Å². The smallest absolute Gasteiger partial charge is 0.348 e. The highest BCUT2D eigenvalue weighted by Crippen LogP contribution is 2.42. The number of primary amides is 1. The number of carbonyl (C=O) groups is 2. The van der Waals surface area contributed by atoms with Gasteiger partial charge in [0.05, 0.1) is 24.7 Å². The molecule has 1 saturated carbocycles. The fourth-order valence-corrected chi connectivity index (χ4v) is 7.07. The van der Waals surface area contributed by atoms with E-state index < -0.39 is 36.6 Å². The molecule has 0 spiro atoms. The van der Waals surface area contributed by atoms with Crippen molar-refractivity contribution in [1.82, 2.24) is 0 Å². The molecule has 210 valence electrons. The van der Waals surface area contributed by atoms with E-state index in [1.807, 2.05) is 25.1 Å². The predicted octanol–water partition coefficient (Wildman–Crippen LogP) is 4.27. The average Bonchev–Trinajstić information content (AvgIpc) is 3.43. The Labute approximate surface area is 237 Å². The van der Waals surface area contributed by atoms with Crippen LogP contribution in [0.15, 0.2) is 30.3 Å². The van der Waals surface area contributed by atoms with E-state index in [-0.39, 0.29) is 30.2 Å². The number of halogens is 2. The van der Waals surface area contributed by atoms with E-state index in [2.05, 4.69) is 6.07 Å². The minimum Gasteiger partial charge on any atom is -0.461 e. The van der Waals surface area contributed by atoms with E-state index in [0.29, 0.717) is 11.3 Å². The largest absolute Gasteiger partial charge is 0.461 e. The van der Waals surface area contributed by atoms with Crippen molar-refractivity contribution in [2.75, 3.05) is 19.8 Å². The second kappa shape index (κ2) is 14.1. The molecular formula is C28H37Cl2NO6S. The molecule has 0 aliphatic heterocycles. The molecular weight excluding hydrogens is 549 g/mol. The summed E-state index contributed by atoms with van der Waals surface area (Å²) in [5.74, 6) is -0.928. The molecule has 1 heterocycles. The highest BCUT2D eigenvalue weighted by molar-refractivity contribution is 7.13. The molecule has 1 amide bonds. The molecule has 1 aromatic heterocycles. The van der Waals surface area contributed by atoms with Crippen LogP contribution in [0.5, 0.6) is 0 Å². The van der Waals surface area contributed by atoms with Gasteiger partial charge in [0.15, 0.2) is 0 Å². The molecule has 1 aliphatic rings. The number of hydrogen-bond donors (Lipinski definition) is 4. The molecule has 2 aromatic rings. The number of aryl methyl sites for hydroxylation is 3. The number of benzene rings is 1. The van der Waals surface area contributed by atoms with Gasteiger partial charge in [0, 0.05) is 21.7 Å². The van der Waals surface area contributed by atoms with Gasteiger partial charge in [0.2, 0.25) is 5.91 Å². The van der Waals surface area contributed by atoms with Crippen molar-refractivity contribution in [2.24, 2.45) is 23.0 Å². The standard InChI is InChI=1S/C28H37Cl2NO6S/c1-17-9-18(11-19(29)10-17)5-7-22-21(23(30)12-24(22)34)4-2-3-20-6-8-25(38-20)27(36)37-16-28(14-32,15-33)13-26(31)35/h6,8-11,21-24,32-34H,2-5,7,12-16H2,1H3,(H2,31,35). The Morgan fingerprint density at radius 2 is 1.87 bits per heavy atom. The fraction of sp³-hybridized carbons (Fsp3) is 0.571. The lowest BCUT2D eigenvalue weighted by molar-refractivity contribution is -0.123. The molecule has 0 saturated heterocycles. The Morgan fingerprint density at radius 1 is 1.13 bits per heavy atom. The van der Waals surface area contributed by atoms with Gasteiger partial charge in [-0.1, -0.05) is 17.7 Å². The third-order valence-corrected chi connectivity index (χ3v) is 9.24. The summed E-state index contributed by atoms with van der Waals surface area (Å²) >= 11 is 14.2.